The largest absolute Gasteiger partial charge is 0.333 e. The number of carbonyl (C=O) groups is 1. The van der Waals surface area contributed by atoms with Crippen molar-refractivity contribution in [1.82, 2.24) is 5.32 Å². The number of thiophene rings is 1. The molecule has 0 bridgehead atoms. The predicted octanol–water partition coefficient (Wildman–Crippen LogP) is 1.72. The van der Waals surface area contributed by atoms with E-state index in [9.17, 15) is 13.2 Å². The highest BCUT2D eigenvalue weighted by Gasteiger charge is 2.07. The molecule has 1 aromatic heterocycles. The van der Waals surface area contributed by atoms with Gasteiger partial charge >= 0.3 is 6.03 Å². The highest BCUT2D eigenvalue weighted by atomic mass is 32.2. The molecule has 0 spiro atoms. The summed E-state index contributed by atoms with van der Waals surface area (Å²) in [6.07, 6.45) is 0. The molecule has 1 heterocycles. The molecule has 8 heteroatoms. The van der Waals surface area contributed by atoms with Gasteiger partial charge < -0.3 is 10.6 Å². The molecule has 0 aliphatic rings. The number of primary sulfonamides is 1. The van der Waals surface area contributed by atoms with Crippen LogP contribution in [0.4, 0.5) is 10.5 Å². The second-order valence-corrected chi connectivity index (χ2v) is 6.55. The maximum Gasteiger partial charge on any atom is 0.319 e. The third-order valence-electron chi connectivity index (χ3n) is 2.44. The summed E-state index contributed by atoms with van der Waals surface area (Å²) in [5.74, 6) is 0. The van der Waals surface area contributed by atoms with E-state index in [2.05, 4.69) is 10.6 Å². The van der Waals surface area contributed by atoms with E-state index < -0.39 is 10.0 Å². The fourth-order valence-electron chi connectivity index (χ4n) is 1.48. The second kappa shape index (κ2) is 6.04. The van der Waals surface area contributed by atoms with Crippen LogP contribution in [0.5, 0.6) is 0 Å². The number of amides is 2. The highest BCUT2D eigenvalue weighted by Crippen LogP contribution is 2.13. The van der Waals surface area contributed by atoms with E-state index in [1.807, 2.05) is 17.5 Å². The third-order valence-corrected chi connectivity index (χ3v) is 4.25. The third kappa shape index (κ3) is 4.05. The van der Waals surface area contributed by atoms with Crippen LogP contribution in [-0.4, -0.2) is 14.4 Å². The smallest absolute Gasteiger partial charge is 0.319 e. The molecule has 0 radical (unpaired) electrons. The number of sulfonamides is 1. The zero-order valence-corrected chi connectivity index (χ0v) is 12.0. The van der Waals surface area contributed by atoms with Gasteiger partial charge in [-0.15, -0.1) is 11.3 Å². The van der Waals surface area contributed by atoms with Crippen molar-refractivity contribution in [1.29, 1.82) is 0 Å². The summed E-state index contributed by atoms with van der Waals surface area (Å²) in [6, 6.07) is 9.10. The van der Waals surface area contributed by atoms with Gasteiger partial charge in [-0.1, -0.05) is 6.07 Å². The number of hydrogen-bond donors (Lipinski definition) is 3. The quantitative estimate of drug-likeness (QED) is 0.801. The first kappa shape index (κ1) is 14.5. The van der Waals surface area contributed by atoms with Gasteiger partial charge in [0, 0.05) is 10.6 Å². The van der Waals surface area contributed by atoms with Crippen molar-refractivity contribution < 1.29 is 13.2 Å². The molecule has 4 N–H and O–H groups in total. The first-order chi connectivity index (χ1) is 9.45. The minimum absolute atomic E-state index is 0.00189. The van der Waals surface area contributed by atoms with Gasteiger partial charge in [-0.05, 0) is 35.7 Å². The molecular formula is C12H13N3O3S2. The molecule has 2 amide bonds. The van der Waals surface area contributed by atoms with E-state index in [4.69, 9.17) is 5.14 Å². The molecule has 0 aliphatic heterocycles. The summed E-state index contributed by atoms with van der Waals surface area (Å²) >= 11 is 1.55. The van der Waals surface area contributed by atoms with Gasteiger partial charge in [-0.3, -0.25) is 0 Å². The fourth-order valence-corrected chi connectivity index (χ4v) is 2.64. The molecule has 20 heavy (non-hydrogen) atoms. The molecule has 0 unspecified atom stereocenters. The molecule has 1 aromatic carbocycles. The van der Waals surface area contributed by atoms with E-state index >= 15 is 0 Å². The Labute approximate surface area is 120 Å². The van der Waals surface area contributed by atoms with E-state index in [0.29, 0.717) is 12.2 Å². The minimum atomic E-state index is -3.71. The molecule has 2 rings (SSSR count). The molecule has 0 aliphatic carbocycles. The fraction of sp³-hybridized carbons (Fsp3) is 0.0833. The summed E-state index contributed by atoms with van der Waals surface area (Å²) < 4.78 is 22.2. The van der Waals surface area contributed by atoms with Crippen LogP contribution in [0.3, 0.4) is 0 Å². The first-order valence-corrected chi connectivity index (χ1v) is 8.08. The van der Waals surface area contributed by atoms with Crippen molar-refractivity contribution in [3.8, 4) is 0 Å². The van der Waals surface area contributed by atoms with Crippen molar-refractivity contribution >= 4 is 33.1 Å². The molecule has 106 valence electrons. The summed E-state index contributed by atoms with van der Waals surface area (Å²) in [4.78, 5) is 12.7. The van der Waals surface area contributed by atoms with Crippen LogP contribution in [-0.2, 0) is 16.6 Å². The van der Waals surface area contributed by atoms with Gasteiger partial charge in [0.05, 0.1) is 11.4 Å². The van der Waals surface area contributed by atoms with Crippen molar-refractivity contribution in [3.05, 3.63) is 46.7 Å². The SMILES string of the molecule is NS(=O)(=O)c1ccc(NC(=O)NCc2cccs2)cc1. The summed E-state index contributed by atoms with van der Waals surface area (Å²) in [5.41, 5.74) is 0.487. The lowest BCUT2D eigenvalue weighted by atomic mass is 10.3. The van der Waals surface area contributed by atoms with Crippen LogP contribution in [0.15, 0.2) is 46.7 Å². The molecule has 6 nitrogen and oxygen atoms in total. The van der Waals surface area contributed by atoms with Crippen molar-refractivity contribution in [2.24, 2.45) is 5.14 Å². The van der Waals surface area contributed by atoms with Crippen LogP contribution in [0.2, 0.25) is 0 Å². The predicted molar refractivity (Wildman–Crippen MR) is 78.0 cm³/mol. The minimum Gasteiger partial charge on any atom is -0.333 e. The zero-order chi connectivity index (χ0) is 14.6. The Bertz CT molecular complexity index is 679. The first-order valence-electron chi connectivity index (χ1n) is 5.65. The second-order valence-electron chi connectivity index (χ2n) is 3.96. The lowest BCUT2D eigenvalue weighted by Gasteiger charge is -2.07. The number of rotatable bonds is 4. The number of nitrogens with two attached hydrogens (primary N) is 1. The van der Waals surface area contributed by atoms with Gasteiger partial charge in [0.1, 0.15) is 0 Å². The van der Waals surface area contributed by atoms with E-state index in [0.717, 1.165) is 4.88 Å². The lowest BCUT2D eigenvalue weighted by Crippen LogP contribution is -2.27. The van der Waals surface area contributed by atoms with Gasteiger partial charge in [-0.25, -0.2) is 18.4 Å². The van der Waals surface area contributed by atoms with Crippen LogP contribution < -0.4 is 15.8 Å². The Hall–Kier alpha value is -1.90. The summed E-state index contributed by atoms with van der Waals surface area (Å²) in [6.45, 7) is 0.443. The number of hydrogen-bond acceptors (Lipinski definition) is 4. The van der Waals surface area contributed by atoms with Crippen LogP contribution in [0.25, 0.3) is 0 Å². The molecule has 0 saturated heterocycles. The normalized spacial score (nSPS) is 11.1. The Balaban J connectivity index is 1.91. The van der Waals surface area contributed by atoms with Gasteiger partial charge in [0.15, 0.2) is 0 Å². The molecular weight excluding hydrogens is 298 g/mol. The average molecular weight is 311 g/mol. The number of urea groups is 1. The van der Waals surface area contributed by atoms with Crippen molar-refractivity contribution in [3.63, 3.8) is 0 Å². The number of anilines is 1. The molecule has 0 atom stereocenters. The molecule has 0 fully saturated rings. The zero-order valence-electron chi connectivity index (χ0n) is 10.4. The number of nitrogens with one attached hydrogen (secondary N) is 2. The maximum atomic E-state index is 11.6. The average Bonchev–Trinajstić information content (AvgIpc) is 2.89. The van der Waals surface area contributed by atoms with Crippen LogP contribution in [0, 0.1) is 0 Å². The Morgan fingerprint density at radius 3 is 2.45 bits per heavy atom. The van der Waals surface area contributed by atoms with Crippen LogP contribution in [0.1, 0.15) is 4.88 Å². The Kier molecular flexibility index (Phi) is 4.38. The van der Waals surface area contributed by atoms with Gasteiger partial charge in [-0.2, -0.15) is 0 Å². The van der Waals surface area contributed by atoms with E-state index in [1.54, 1.807) is 11.3 Å². The lowest BCUT2D eigenvalue weighted by molar-refractivity contribution is 0.252. The maximum absolute atomic E-state index is 11.6. The standard InChI is InChI=1S/C12H13N3O3S2/c13-20(17,18)11-5-3-9(4-6-11)15-12(16)14-8-10-2-1-7-19-10/h1-7H,8H2,(H2,13,17,18)(H2,14,15,16). The highest BCUT2D eigenvalue weighted by molar-refractivity contribution is 7.89. The monoisotopic (exact) mass is 311 g/mol. The van der Waals surface area contributed by atoms with Gasteiger partial charge in [0.2, 0.25) is 10.0 Å². The van der Waals surface area contributed by atoms with Gasteiger partial charge in [0.25, 0.3) is 0 Å². The van der Waals surface area contributed by atoms with E-state index in [1.165, 1.54) is 24.3 Å². The van der Waals surface area contributed by atoms with E-state index in [-0.39, 0.29) is 10.9 Å². The topological polar surface area (TPSA) is 101 Å². The van der Waals surface area contributed by atoms with Crippen molar-refractivity contribution in [2.75, 3.05) is 5.32 Å². The molecule has 2 aromatic rings. The molecule has 0 saturated carbocycles. The summed E-state index contributed by atoms with van der Waals surface area (Å²) in [7, 11) is -3.71. The Morgan fingerprint density at radius 2 is 1.90 bits per heavy atom. The van der Waals surface area contributed by atoms with Crippen LogP contribution >= 0.6 is 11.3 Å². The number of carbonyl (C=O) groups excluding carboxylic acids is 1. The number of benzene rings is 1. The van der Waals surface area contributed by atoms with Crippen molar-refractivity contribution in [2.45, 2.75) is 11.4 Å². The summed E-state index contributed by atoms with van der Waals surface area (Å²) in [5, 5.41) is 12.2. The Morgan fingerprint density at radius 1 is 1.20 bits per heavy atom.